The standard InChI is InChI=1S/2C59H38N4O/c1-4-16-40(17-5-1)55-61-56(41-18-6-2-7-19-41)63-57(62-55)46-25-15-24-45(37-46)44-23-14-22-43(36-44)39-30-32-47(33-31-39)59(51-28-12-10-26-49(51)50-27-11-13-29-52(50)59)48-34-35-53-54(38-48)64-58(60-53)42-20-8-3-9-21-42;1-4-15-42(16-5-1)55-61-56(43-17-6-2-7-18-43)63-57(62-55)46-22-14-21-45(37-46)41-29-27-39(28-30-41)40-31-33-47(34-32-40)59(51-25-12-10-23-49(51)50-24-11-13-26-52(50)59)48-35-36-53-54(38-48)64-58(60-53)44-19-8-3-9-20-44/h2*1-38H. The second kappa shape index (κ2) is 32.3. The zero-order chi connectivity index (χ0) is 84.9. The van der Waals surface area contributed by atoms with Gasteiger partial charge in [-0.05, 0) is 178 Å². The molecule has 0 aliphatic heterocycles. The highest BCUT2D eigenvalue weighted by Gasteiger charge is 2.48. The molecule has 600 valence electrons. The molecule has 22 aromatic rings. The summed E-state index contributed by atoms with van der Waals surface area (Å²) in [7, 11) is 0. The van der Waals surface area contributed by atoms with Gasteiger partial charge in [-0.3, -0.25) is 0 Å². The Labute approximate surface area is 740 Å². The average molecular weight is 1640 g/mol. The molecular formula is C118H76N8O2. The maximum Gasteiger partial charge on any atom is 0.227 e. The molecule has 4 aromatic heterocycles. The predicted molar refractivity (Wildman–Crippen MR) is 515 cm³/mol. The van der Waals surface area contributed by atoms with Gasteiger partial charge in [-0.2, -0.15) is 0 Å². The van der Waals surface area contributed by atoms with Crippen LogP contribution >= 0.6 is 0 Å². The molecule has 2 aliphatic carbocycles. The Kier molecular flexibility index (Phi) is 19.1. The molecule has 0 fully saturated rings. The molecule has 0 saturated carbocycles. The van der Waals surface area contributed by atoms with Crippen LogP contribution in [-0.4, -0.2) is 39.9 Å². The SMILES string of the molecule is c1ccc(-c2nc(-c3ccccc3)nc(-c3cccc(-c4ccc(-c5ccc(C6(c7ccc8nc(-c9ccccc9)oc8c7)c7ccccc7-c7ccccc76)cc5)cc4)c3)n2)cc1.c1ccc(-c2nc(-c3ccccc3)nc(-c3cccc(-c4cccc(-c5ccc(C6(c7ccc8nc(-c9ccccc9)oc8c7)c7ccccc7-c7ccccc76)cc5)c4)c3)n2)cc1. The van der Waals surface area contributed by atoms with Crippen LogP contribution in [0.4, 0.5) is 0 Å². The molecule has 0 amide bonds. The summed E-state index contributed by atoms with van der Waals surface area (Å²) in [5.74, 6) is 5.07. The molecule has 0 bridgehead atoms. The van der Waals surface area contributed by atoms with Crippen LogP contribution in [0.1, 0.15) is 44.5 Å². The second-order valence-corrected chi connectivity index (χ2v) is 32.4. The largest absolute Gasteiger partial charge is 0.436 e. The van der Waals surface area contributed by atoms with Crippen LogP contribution < -0.4 is 0 Å². The molecule has 0 N–H and O–H groups in total. The third kappa shape index (κ3) is 13.6. The summed E-state index contributed by atoms with van der Waals surface area (Å²) in [6, 6.07) is 162. The predicted octanol–water partition coefficient (Wildman–Crippen LogP) is 28.8. The van der Waals surface area contributed by atoms with E-state index in [1.54, 1.807) is 0 Å². The van der Waals surface area contributed by atoms with E-state index >= 15 is 0 Å². The Morgan fingerprint density at radius 2 is 0.367 bits per heavy atom. The van der Waals surface area contributed by atoms with Gasteiger partial charge in [0, 0.05) is 44.5 Å². The maximum absolute atomic E-state index is 6.49. The molecule has 4 heterocycles. The van der Waals surface area contributed by atoms with Crippen molar-refractivity contribution in [2.45, 2.75) is 10.8 Å². The van der Waals surface area contributed by atoms with E-state index in [1.165, 1.54) is 55.6 Å². The lowest BCUT2D eigenvalue weighted by molar-refractivity contribution is 0.618. The fraction of sp³-hybridized carbons (Fsp3) is 0.0169. The highest BCUT2D eigenvalue weighted by molar-refractivity contribution is 5.92. The van der Waals surface area contributed by atoms with Gasteiger partial charge in [0.15, 0.2) is 46.1 Å². The van der Waals surface area contributed by atoms with Crippen molar-refractivity contribution >= 4 is 22.2 Å². The first-order chi connectivity index (χ1) is 63.4. The van der Waals surface area contributed by atoms with Gasteiger partial charge >= 0.3 is 0 Å². The smallest absolute Gasteiger partial charge is 0.227 e. The van der Waals surface area contributed by atoms with Crippen molar-refractivity contribution in [3.63, 3.8) is 0 Å². The summed E-state index contributed by atoms with van der Waals surface area (Å²) in [4.78, 5) is 39.5. The lowest BCUT2D eigenvalue weighted by Gasteiger charge is -2.34. The van der Waals surface area contributed by atoms with Gasteiger partial charge in [-0.1, -0.05) is 394 Å². The molecule has 0 atom stereocenters. The third-order valence-electron chi connectivity index (χ3n) is 24.9. The van der Waals surface area contributed by atoms with Crippen molar-refractivity contribution in [1.82, 2.24) is 39.9 Å². The minimum atomic E-state index is -0.586. The van der Waals surface area contributed by atoms with Crippen LogP contribution in [0.15, 0.2) is 470 Å². The monoisotopic (exact) mass is 1640 g/mol. The number of hydrogen-bond donors (Lipinski definition) is 0. The van der Waals surface area contributed by atoms with E-state index in [-0.39, 0.29) is 0 Å². The fourth-order valence-corrected chi connectivity index (χ4v) is 18.9. The molecule has 0 spiro atoms. The van der Waals surface area contributed by atoms with Gasteiger partial charge in [0.25, 0.3) is 0 Å². The number of hydrogen-bond acceptors (Lipinski definition) is 10. The summed E-state index contributed by atoms with van der Waals surface area (Å²) in [6.45, 7) is 0. The van der Waals surface area contributed by atoms with Crippen molar-refractivity contribution in [1.29, 1.82) is 0 Å². The molecule has 128 heavy (non-hydrogen) atoms. The first-order valence-electron chi connectivity index (χ1n) is 43.1. The number of nitrogens with zero attached hydrogens (tertiary/aromatic N) is 8. The van der Waals surface area contributed by atoms with Crippen LogP contribution in [0.2, 0.25) is 0 Å². The van der Waals surface area contributed by atoms with Gasteiger partial charge in [0.1, 0.15) is 11.0 Å². The normalized spacial score (nSPS) is 12.5. The van der Waals surface area contributed by atoms with E-state index in [9.17, 15) is 0 Å². The van der Waals surface area contributed by atoms with Crippen LogP contribution in [0.3, 0.4) is 0 Å². The summed E-state index contributed by atoms with van der Waals surface area (Å²) in [5, 5.41) is 0. The Balaban J connectivity index is 0.000000146. The topological polar surface area (TPSA) is 129 Å². The van der Waals surface area contributed by atoms with Crippen LogP contribution in [0, 0.1) is 0 Å². The van der Waals surface area contributed by atoms with Gasteiger partial charge in [0.05, 0.1) is 10.8 Å². The van der Waals surface area contributed by atoms with E-state index < -0.39 is 10.8 Å². The summed E-state index contributed by atoms with van der Waals surface area (Å²) in [6.07, 6.45) is 0. The van der Waals surface area contributed by atoms with Crippen molar-refractivity contribution in [2.75, 3.05) is 0 Å². The molecule has 0 saturated heterocycles. The maximum atomic E-state index is 6.49. The number of rotatable bonds is 16. The zero-order valence-corrected chi connectivity index (χ0v) is 69.3. The van der Waals surface area contributed by atoms with Crippen LogP contribution in [0.5, 0.6) is 0 Å². The molecule has 24 rings (SSSR count). The Morgan fingerprint density at radius 3 is 0.672 bits per heavy atom. The second-order valence-electron chi connectivity index (χ2n) is 32.4. The van der Waals surface area contributed by atoms with Crippen molar-refractivity contribution in [2.24, 2.45) is 0 Å². The number of oxazole rings is 2. The Morgan fingerprint density at radius 1 is 0.148 bits per heavy atom. The van der Waals surface area contributed by atoms with E-state index in [1.807, 2.05) is 182 Å². The number of fused-ring (bicyclic) bond motifs is 8. The van der Waals surface area contributed by atoms with Gasteiger partial charge in [0.2, 0.25) is 11.8 Å². The van der Waals surface area contributed by atoms with Crippen molar-refractivity contribution in [3.8, 4) is 158 Å². The van der Waals surface area contributed by atoms with Gasteiger partial charge < -0.3 is 8.83 Å². The first-order valence-corrected chi connectivity index (χ1v) is 43.1. The number of aromatic nitrogens is 8. The first kappa shape index (κ1) is 75.9. The molecule has 2 aliphatic rings. The Bertz CT molecular complexity index is 7700. The quantitative estimate of drug-likeness (QED) is 0.0922. The lowest BCUT2D eigenvalue weighted by atomic mass is 9.67. The van der Waals surface area contributed by atoms with Crippen molar-refractivity contribution in [3.05, 3.63) is 506 Å². The van der Waals surface area contributed by atoms with E-state index in [0.29, 0.717) is 46.7 Å². The molecule has 10 heteroatoms. The molecule has 18 aromatic carbocycles. The van der Waals surface area contributed by atoms with E-state index in [0.717, 1.165) is 122 Å². The molecule has 10 nitrogen and oxygen atoms in total. The summed E-state index contributed by atoms with van der Waals surface area (Å²) < 4.78 is 13.0. The van der Waals surface area contributed by atoms with Crippen LogP contribution in [-0.2, 0) is 10.8 Å². The highest BCUT2D eigenvalue weighted by Crippen LogP contribution is 2.59. The van der Waals surface area contributed by atoms with Crippen molar-refractivity contribution < 1.29 is 8.83 Å². The molecule has 0 unspecified atom stereocenters. The molecule has 0 radical (unpaired) electrons. The third-order valence-corrected chi connectivity index (χ3v) is 24.9. The fourth-order valence-electron chi connectivity index (χ4n) is 18.9. The summed E-state index contributed by atoms with van der Waals surface area (Å²) in [5.41, 5.74) is 33.1. The number of benzene rings is 18. The highest BCUT2D eigenvalue weighted by atomic mass is 16.4. The lowest BCUT2D eigenvalue weighted by Crippen LogP contribution is -2.28. The minimum Gasteiger partial charge on any atom is -0.436 e. The Hall–Kier alpha value is -17.1. The van der Waals surface area contributed by atoms with Crippen LogP contribution in [0.25, 0.3) is 180 Å². The van der Waals surface area contributed by atoms with Gasteiger partial charge in [-0.25, -0.2) is 39.9 Å². The molecular weight excluding hydrogens is 1560 g/mol. The average Bonchev–Trinajstić information content (AvgIpc) is 1.53. The summed E-state index contributed by atoms with van der Waals surface area (Å²) >= 11 is 0. The van der Waals surface area contributed by atoms with E-state index in [2.05, 4.69) is 279 Å². The van der Waals surface area contributed by atoms with Gasteiger partial charge in [-0.15, -0.1) is 0 Å². The minimum absolute atomic E-state index is 0.573. The zero-order valence-electron chi connectivity index (χ0n) is 69.3. The van der Waals surface area contributed by atoms with E-state index in [4.69, 9.17) is 48.7 Å².